The third-order valence-corrected chi connectivity index (χ3v) is 4.89. The third kappa shape index (κ3) is 3.62. The summed E-state index contributed by atoms with van der Waals surface area (Å²) in [6, 6.07) is 12.7. The molecule has 0 aliphatic carbocycles. The molecule has 5 nitrogen and oxygen atoms in total. The fourth-order valence-corrected chi connectivity index (χ4v) is 3.30. The molecule has 0 unspecified atom stereocenters. The van der Waals surface area contributed by atoms with E-state index >= 15 is 0 Å². The molecule has 25 heavy (non-hydrogen) atoms. The van der Waals surface area contributed by atoms with Crippen LogP contribution in [0.1, 0.15) is 23.0 Å². The standard InChI is InChI=1S/C18H15Br2N3O2/c1-10(15-7-11-3-4-13(20)9-16(11)23(15)2)21-22-18(25)14-8-12(19)5-6-17(14)24/h3-9,24H,1-2H3,(H,22,25)/b21-10-. The first-order chi connectivity index (χ1) is 11.9. The fraction of sp³-hybridized carbons (Fsp3) is 0.111. The van der Waals surface area contributed by atoms with E-state index in [0.717, 1.165) is 21.1 Å². The quantitative estimate of drug-likeness (QED) is 0.440. The number of phenols is 1. The Bertz CT molecular complexity index is 1010. The zero-order valence-corrected chi connectivity index (χ0v) is 16.7. The Morgan fingerprint density at radius 3 is 2.56 bits per heavy atom. The van der Waals surface area contributed by atoms with Gasteiger partial charge in [-0.05, 0) is 43.3 Å². The lowest BCUT2D eigenvalue weighted by molar-refractivity contribution is 0.0952. The van der Waals surface area contributed by atoms with Crippen molar-refractivity contribution in [2.24, 2.45) is 12.1 Å². The number of hydrogen-bond acceptors (Lipinski definition) is 3. The van der Waals surface area contributed by atoms with Gasteiger partial charge in [-0.1, -0.05) is 37.9 Å². The Morgan fingerprint density at radius 1 is 1.12 bits per heavy atom. The summed E-state index contributed by atoms with van der Waals surface area (Å²) < 4.78 is 3.72. The van der Waals surface area contributed by atoms with Crippen LogP contribution in [0.5, 0.6) is 5.75 Å². The summed E-state index contributed by atoms with van der Waals surface area (Å²) in [4.78, 5) is 12.2. The third-order valence-electron chi connectivity index (χ3n) is 3.91. The molecule has 1 amide bonds. The summed E-state index contributed by atoms with van der Waals surface area (Å²) in [7, 11) is 1.95. The van der Waals surface area contributed by atoms with Gasteiger partial charge in [-0.2, -0.15) is 5.10 Å². The van der Waals surface area contributed by atoms with Crippen LogP contribution in [0.25, 0.3) is 10.9 Å². The zero-order valence-electron chi connectivity index (χ0n) is 13.5. The average Bonchev–Trinajstić information content (AvgIpc) is 2.91. The van der Waals surface area contributed by atoms with Crippen LogP contribution in [-0.2, 0) is 7.05 Å². The van der Waals surface area contributed by atoms with Gasteiger partial charge in [0.25, 0.3) is 5.91 Å². The predicted molar refractivity (Wildman–Crippen MR) is 106 cm³/mol. The summed E-state index contributed by atoms with van der Waals surface area (Å²) in [5.41, 5.74) is 5.28. The maximum absolute atomic E-state index is 12.2. The van der Waals surface area contributed by atoms with Crippen molar-refractivity contribution in [3.63, 3.8) is 0 Å². The molecular formula is C18H15Br2N3O2. The van der Waals surface area contributed by atoms with Gasteiger partial charge < -0.3 is 9.67 Å². The number of aromatic hydroxyl groups is 1. The van der Waals surface area contributed by atoms with Crippen molar-refractivity contribution >= 4 is 54.4 Å². The van der Waals surface area contributed by atoms with E-state index in [9.17, 15) is 9.90 Å². The normalized spacial score (nSPS) is 11.8. The molecular weight excluding hydrogens is 450 g/mol. The van der Waals surface area contributed by atoms with Crippen LogP contribution >= 0.6 is 31.9 Å². The molecule has 0 saturated carbocycles. The van der Waals surface area contributed by atoms with Crippen LogP contribution in [-0.4, -0.2) is 21.3 Å². The number of rotatable bonds is 3. The van der Waals surface area contributed by atoms with Gasteiger partial charge in [-0.15, -0.1) is 0 Å². The summed E-state index contributed by atoms with van der Waals surface area (Å²) in [5, 5.41) is 15.1. The summed E-state index contributed by atoms with van der Waals surface area (Å²) in [6.07, 6.45) is 0. The van der Waals surface area contributed by atoms with Gasteiger partial charge in [-0.3, -0.25) is 4.79 Å². The van der Waals surface area contributed by atoms with Crippen LogP contribution in [0.2, 0.25) is 0 Å². The summed E-state index contributed by atoms with van der Waals surface area (Å²) in [6.45, 7) is 1.82. The van der Waals surface area contributed by atoms with E-state index in [1.165, 1.54) is 6.07 Å². The molecule has 0 saturated heterocycles. The number of hydrazone groups is 1. The lowest BCUT2D eigenvalue weighted by atomic mass is 10.2. The number of phenolic OH excluding ortho intramolecular Hbond substituents is 1. The second kappa shape index (κ2) is 7.01. The summed E-state index contributed by atoms with van der Waals surface area (Å²) >= 11 is 6.76. The number of aryl methyl sites for hydroxylation is 1. The molecule has 1 aromatic heterocycles. The Labute approximate surface area is 161 Å². The van der Waals surface area contributed by atoms with Crippen LogP contribution in [0, 0.1) is 0 Å². The highest BCUT2D eigenvalue weighted by Crippen LogP contribution is 2.24. The molecule has 1 heterocycles. The van der Waals surface area contributed by atoms with Crippen molar-refractivity contribution < 1.29 is 9.90 Å². The van der Waals surface area contributed by atoms with Crippen molar-refractivity contribution in [1.82, 2.24) is 9.99 Å². The van der Waals surface area contributed by atoms with Gasteiger partial charge in [-0.25, -0.2) is 5.43 Å². The van der Waals surface area contributed by atoms with Crippen molar-refractivity contribution in [3.05, 3.63) is 62.7 Å². The van der Waals surface area contributed by atoms with E-state index in [2.05, 4.69) is 42.4 Å². The first-order valence-corrected chi connectivity index (χ1v) is 9.04. The van der Waals surface area contributed by atoms with Crippen LogP contribution in [0.4, 0.5) is 0 Å². The number of nitrogens with zero attached hydrogens (tertiary/aromatic N) is 2. The van der Waals surface area contributed by atoms with Gasteiger partial charge in [0.1, 0.15) is 5.75 Å². The Morgan fingerprint density at radius 2 is 1.80 bits per heavy atom. The van der Waals surface area contributed by atoms with Crippen LogP contribution < -0.4 is 5.43 Å². The highest BCUT2D eigenvalue weighted by molar-refractivity contribution is 9.10. The monoisotopic (exact) mass is 463 g/mol. The van der Waals surface area contributed by atoms with E-state index in [0.29, 0.717) is 10.2 Å². The number of carbonyl (C=O) groups excluding carboxylic acids is 1. The van der Waals surface area contributed by atoms with E-state index < -0.39 is 5.91 Å². The number of hydrogen-bond donors (Lipinski definition) is 2. The lowest BCUT2D eigenvalue weighted by Gasteiger charge is -2.06. The number of carbonyl (C=O) groups is 1. The molecule has 0 radical (unpaired) electrons. The molecule has 7 heteroatoms. The first-order valence-electron chi connectivity index (χ1n) is 7.45. The smallest absolute Gasteiger partial charge is 0.275 e. The Balaban J connectivity index is 1.88. The minimum atomic E-state index is -0.473. The van der Waals surface area contributed by atoms with Gasteiger partial charge in [0, 0.05) is 26.9 Å². The van der Waals surface area contributed by atoms with Crippen molar-refractivity contribution in [1.29, 1.82) is 0 Å². The number of halogens is 2. The van der Waals surface area contributed by atoms with Gasteiger partial charge in [0.2, 0.25) is 0 Å². The molecule has 0 aliphatic heterocycles. The minimum Gasteiger partial charge on any atom is -0.507 e. The number of aromatic nitrogens is 1. The number of amides is 1. The Hall–Kier alpha value is -2.12. The molecule has 128 valence electrons. The molecule has 0 fully saturated rings. The zero-order chi connectivity index (χ0) is 18.1. The average molecular weight is 465 g/mol. The first kappa shape index (κ1) is 17.7. The van der Waals surface area contributed by atoms with Gasteiger partial charge in [0.15, 0.2) is 0 Å². The summed E-state index contributed by atoms with van der Waals surface area (Å²) in [5.74, 6) is -0.567. The van der Waals surface area contributed by atoms with E-state index in [4.69, 9.17) is 0 Å². The molecule has 3 rings (SSSR count). The second-order valence-corrected chi connectivity index (χ2v) is 7.42. The predicted octanol–water partition coefficient (Wildman–Crippen LogP) is 4.56. The van der Waals surface area contributed by atoms with Crippen molar-refractivity contribution in [2.45, 2.75) is 6.92 Å². The highest BCUT2D eigenvalue weighted by Gasteiger charge is 2.13. The van der Waals surface area contributed by atoms with Gasteiger partial charge in [0.05, 0.1) is 17.0 Å². The number of nitrogens with one attached hydrogen (secondary N) is 1. The highest BCUT2D eigenvalue weighted by atomic mass is 79.9. The fourth-order valence-electron chi connectivity index (χ4n) is 2.59. The molecule has 0 bridgehead atoms. The molecule has 2 N–H and O–H groups in total. The van der Waals surface area contributed by atoms with Crippen LogP contribution in [0.15, 0.2) is 56.5 Å². The molecule has 0 spiro atoms. The lowest BCUT2D eigenvalue weighted by Crippen LogP contribution is -2.20. The van der Waals surface area contributed by atoms with E-state index in [1.54, 1.807) is 12.1 Å². The topological polar surface area (TPSA) is 66.6 Å². The maximum Gasteiger partial charge on any atom is 0.275 e. The van der Waals surface area contributed by atoms with Crippen molar-refractivity contribution in [2.75, 3.05) is 0 Å². The van der Waals surface area contributed by atoms with Gasteiger partial charge >= 0.3 is 0 Å². The number of fused-ring (bicyclic) bond motifs is 1. The molecule has 3 aromatic rings. The van der Waals surface area contributed by atoms with E-state index in [1.807, 2.05) is 42.8 Å². The molecule has 0 aliphatic rings. The SMILES string of the molecule is C/C(=N/NC(=O)c1cc(Br)ccc1O)c1cc2ccc(Br)cc2n1C. The largest absolute Gasteiger partial charge is 0.507 e. The molecule has 0 atom stereocenters. The Kier molecular flexibility index (Phi) is 4.96. The van der Waals surface area contributed by atoms with Crippen molar-refractivity contribution in [3.8, 4) is 5.75 Å². The minimum absolute atomic E-state index is 0.0944. The number of benzene rings is 2. The maximum atomic E-state index is 12.2. The van der Waals surface area contributed by atoms with E-state index in [-0.39, 0.29) is 11.3 Å². The van der Waals surface area contributed by atoms with Crippen LogP contribution in [0.3, 0.4) is 0 Å². The second-order valence-electron chi connectivity index (χ2n) is 5.59. The molecule has 2 aromatic carbocycles.